The normalized spacial score (nSPS) is 23.7. The Balaban J connectivity index is 0.988. The molecule has 2 spiro atoms. The minimum Gasteiger partial charge on any atom is -0.344 e. The molecule has 0 atom stereocenters. The molecule has 4 saturated carbocycles. The predicted molar refractivity (Wildman–Crippen MR) is 258 cm³/mol. The highest BCUT2D eigenvalue weighted by atomic mass is 15.2. The quantitative estimate of drug-likeness (QED) is 0.172. The van der Waals surface area contributed by atoms with Crippen molar-refractivity contribution >= 4 is 22.7 Å². The van der Waals surface area contributed by atoms with Crippen molar-refractivity contribution in [2.24, 2.45) is 17.8 Å². The van der Waals surface area contributed by atoms with Crippen LogP contribution < -0.4 is 9.80 Å². The van der Waals surface area contributed by atoms with E-state index in [-0.39, 0.29) is 5.54 Å². The van der Waals surface area contributed by atoms with Gasteiger partial charge in [0.2, 0.25) is 0 Å². The van der Waals surface area contributed by atoms with E-state index in [9.17, 15) is 0 Å². The molecule has 2 heterocycles. The Hall–Kier alpha value is -6.64. The number of fused-ring (bicyclic) bond motifs is 18. The lowest BCUT2D eigenvalue weighted by atomic mass is 9.51. The van der Waals surface area contributed by atoms with Crippen LogP contribution in [-0.4, -0.2) is 12.6 Å². The maximum Gasteiger partial charge on any atom is 0.0754 e. The van der Waals surface area contributed by atoms with Gasteiger partial charge in [-0.25, -0.2) is 0 Å². The van der Waals surface area contributed by atoms with Gasteiger partial charge < -0.3 is 9.80 Å². The molecule has 0 unspecified atom stereocenters. The molecule has 0 aromatic heterocycles. The van der Waals surface area contributed by atoms with Crippen molar-refractivity contribution in [1.82, 2.24) is 0 Å². The number of benzene rings is 8. The van der Waals surface area contributed by atoms with Crippen molar-refractivity contribution in [2.75, 3.05) is 16.8 Å². The van der Waals surface area contributed by atoms with Gasteiger partial charge in [0.1, 0.15) is 0 Å². The van der Waals surface area contributed by atoms with Crippen LogP contribution in [0.5, 0.6) is 0 Å². The summed E-state index contributed by atoms with van der Waals surface area (Å²) in [6.07, 6.45) is 8.17. The van der Waals surface area contributed by atoms with Gasteiger partial charge in [-0.1, -0.05) is 158 Å². The maximum atomic E-state index is 2.95. The van der Waals surface area contributed by atoms with E-state index in [2.05, 4.69) is 199 Å². The van der Waals surface area contributed by atoms with Gasteiger partial charge in [-0.15, -0.1) is 0 Å². The van der Waals surface area contributed by atoms with Gasteiger partial charge in [-0.3, -0.25) is 0 Å². The molecule has 302 valence electrons. The average molecular weight is 809 g/mol. The molecule has 0 radical (unpaired) electrons. The third kappa shape index (κ3) is 4.17. The highest BCUT2D eigenvalue weighted by Crippen LogP contribution is 2.68. The number of hydrogen-bond acceptors (Lipinski definition) is 2. The molecule has 16 rings (SSSR count). The van der Waals surface area contributed by atoms with Gasteiger partial charge in [-0.2, -0.15) is 0 Å². The van der Waals surface area contributed by atoms with E-state index in [1.165, 1.54) is 139 Å². The summed E-state index contributed by atoms with van der Waals surface area (Å²) in [5.74, 6) is 2.49. The zero-order valence-electron chi connectivity index (χ0n) is 35.7. The molecule has 2 aliphatic heterocycles. The molecule has 0 amide bonds. The van der Waals surface area contributed by atoms with E-state index in [1.807, 2.05) is 0 Å². The van der Waals surface area contributed by atoms with Gasteiger partial charge in [0.25, 0.3) is 0 Å². The third-order valence-corrected chi connectivity index (χ3v) is 17.3. The van der Waals surface area contributed by atoms with Crippen molar-refractivity contribution in [3.63, 3.8) is 0 Å². The minimum absolute atomic E-state index is 0.118. The molecular weight excluding hydrogens is 761 g/mol. The second-order valence-corrected chi connectivity index (χ2v) is 20.2. The van der Waals surface area contributed by atoms with Crippen molar-refractivity contribution in [3.05, 3.63) is 226 Å². The summed E-state index contributed by atoms with van der Waals surface area (Å²) in [5, 5.41) is 0. The fourth-order valence-corrected chi connectivity index (χ4v) is 15.6. The van der Waals surface area contributed by atoms with Gasteiger partial charge in [0, 0.05) is 35.3 Å². The average Bonchev–Trinajstić information content (AvgIpc) is 3.79. The van der Waals surface area contributed by atoms with Crippen molar-refractivity contribution < 1.29 is 0 Å². The van der Waals surface area contributed by atoms with Crippen molar-refractivity contribution in [1.29, 1.82) is 0 Å². The van der Waals surface area contributed by atoms with Gasteiger partial charge in [0.05, 0.1) is 10.8 Å². The van der Waals surface area contributed by atoms with E-state index < -0.39 is 10.8 Å². The minimum atomic E-state index is -0.411. The van der Waals surface area contributed by atoms with Gasteiger partial charge >= 0.3 is 0 Å². The lowest BCUT2D eigenvalue weighted by Crippen LogP contribution is -2.60. The summed E-state index contributed by atoms with van der Waals surface area (Å²) < 4.78 is 0. The van der Waals surface area contributed by atoms with E-state index in [0.717, 1.165) is 17.8 Å². The smallest absolute Gasteiger partial charge is 0.0754 e. The van der Waals surface area contributed by atoms with E-state index in [4.69, 9.17) is 0 Å². The molecule has 2 heteroatoms. The molecule has 8 aliphatic rings. The Bertz CT molecular complexity index is 3150. The Morgan fingerprint density at radius 2 is 0.698 bits per heavy atom. The zero-order valence-corrected chi connectivity index (χ0v) is 35.7. The first-order valence-corrected chi connectivity index (χ1v) is 23.5. The van der Waals surface area contributed by atoms with Crippen LogP contribution in [0.3, 0.4) is 0 Å². The van der Waals surface area contributed by atoms with Crippen LogP contribution in [0.1, 0.15) is 83.0 Å². The Morgan fingerprint density at radius 3 is 1.17 bits per heavy atom. The highest BCUT2D eigenvalue weighted by molar-refractivity contribution is 5.97. The first-order chi connectivity index (χ1) is 31.1. The van der Waals surface area contributed by atoms with E-state index in [1.54, 1.807) is 0 Å². The SMILES string of the molecule is CN1c2ccccc2C2(c3ccccc3-c3ccccc32)c2ccc(-c3ccc4c(c3)N(C35CC6CC(CC(C6)C3)C5)c3ccccc3C43c4ccccc4-c4ccccc43)cc21. The molecule has 0 saturated heterocycles. The molecule has 4 fully saturated rings. The van der Waals surface area contributed by atoms with Gasteiger partial charge in [-0.05, 0) is 158 Å². The summed E-state index contributed by atoms with van der Waals surface area (Å²) >= 11 is 0. The second kappa shape index (κ2) is 12.1. The number of para-hydroxylation sites is 2. The number of nitrogens with zero attached hydrogens (tertiary/aromatic N) is 2. The first kappa shape index (κ1) is 34.9. The Labute approximate surface area is 370 Å². The lowest BCUT2D eigenvalue weighted by Gasteiger charge is -2.63. The topological polar surface area (TPSA) is 6.48 Å². The fourth-order valence-electron chi connectivity index (χ4n) is 15.6. The van der Waals surface area contributed by atoms with Crippen LogP contribution in [0.4, 0.5) is 22.7 Å². The van der Waals surface area contributed by atoms with E-state index >= 15 is 0 Å². The summed E-state index contributed by atoms with van der Waals surface area (Å²) in [5.41, 5.74) is 23.8. The molecule has 63 heavy (non-hydrogen) atoms. The fraction of sp³-hybridized carbons (Fsp3) is 0.213. The maximum absolute atomic E-state index is 2.95. The van der Waals surface area contributed by atoms with Crippen LogP contribution >= 0.6 is 0 Å². The number of hydrogen-bond donors (Lipinski definition) is 0. The number of anilines is 4. The Kier molecular flexibility index (Phi) is 6.69. The van der Waals surface area contributed by atoms with Crippen molar-refractivity contribution in [2.45, 2.75) is 54.9 Å². The van der Waals surface area contributed by atoms with Crippen molar-refractivity contribution in [3.8, 4) is 33.4 Å². The summed E-state index contributed by atoms with van der Waals surface area (Å²) in [6, 6.07) is 70.6. The molecule has 4 bridgehead atoms. The molecule has 2 nitrogen and oxygen atoms in total. The van der Waals surface area contributed by atoms with Crippen LogP contribution in [-0.2, 0) is 10.8 Å². The molecule has 8 aromatic carbocycles. The molecule has 6 aliphatic carbocycles. The standard InChI is InChI=1S/C61H48N2/c1-62-55-24-12-10-22-51(55)60(47-18-6-2-14-43(47)44-15-3-7-19-48(44)60)53-28-26-41(33-57(53)62)42-27-29-54-58(34-42)63(59-35-38-30-39(36-59)32-40(31-38)37-59)56-25-13-11-23-52(56)61(54)49-20-8-4-16-45(49)46-17-5-9-21-50(46)61/h2-29,33-34,38-40H,30-32,35-37H2,1H3. The largest absolute Gasteiger partial charge is 0.344 e. The third-order valence-electron chi connectivity index (χ3n) is 17.3. The van der Waals surface area contributed by atoms with Crippen LogP contribution in [0, 0.1) is 17.8 Å². The number of rotatable bonds is 2. The summed E-state index contributed by atoms with van der Waals surface area (Å²) in [4.78, 5) is 5.41. The van der Waals surface area contributed by atoms with E-state index in [0.29, 0.717) is 0 Å². The first-order valence-electron chi connectivity index (χ1n) is 23.5. The summed E-state index contributed by atoms with van der Waals surface area (Å²) in [6.45, 7) is 0. The lowest BCUT2D eigenvalue weighted by molar-refractivity contribution is 0.000209. The summed E-state index contributed by atoms with van der Waals surface area (Å²) in [7, 11) is 2.28. The van der Waals surface area contributed by atoms with Crippen LogP contribution in [0.25, 0.3) is 33.4 Å². The predicted octanol–water partition coefficient (Wildman–Crippen LogP) is 14.6. The highest BCUT2D eigenvalue weighted by Gasteiger charge is 2.59. The van der Waals surface area contributed by atoms with Crippen LogP contribution in [0.2, 0.25) is 0 Å². The van der Waals surface area contributed by atoms with Crippen LogP contribution in [0.15, 0.2) is 182 Å². The van der Waals surface area contributed by atoms with Gasteiger partial charge in [0.15, 0.2) is 0 Å². The molecule has 0 N–H and O–H groups in total. The second-order valence-electron chi connectivity index (χ2n) is 20.2. The monoisotopic (exact) mass is 808 g/mol. The zero-order chi connectivity index (χ0) is 41.2. The Morgan fingerprint density at radius 1 is 0.349 bits per heavy atom. The molecule has 8 aromatic rings. The molecular formula is C61H48N2.